The van der Waals surface area contributed by atoms with Crippen LogP contribution in [0.15, 0.2) is 40.9 Å². The van der Waals surface area contributed by atoms with Crippen LogP contribution in [0.4, 0.5) is 5.69 Å². The second kappa shape index (κ2) is 5.27. The van der Waals surface area contributed by atoms with Gasteiger partial charge in [-0.2, -0.15) is 4.98 Å². The number of aromatic nitrogens is 2. The maximum absolute atomic E-state index is 9.47. The largest absolute Gasteiger partial charge is 0.508 e. The van der Waals surface area contributed by atoms with Crippen molar-refractivity contribution in [2.45, 2.75) is 0 Å². The smallest absolute Gasteiger partial charge is 0.258 e. The molecule has 3 aromatic rings. The maximum Gasteiger partial charge on any atom is 0.258 e. The molecule has 0 bridgehead atoms. The summed E-state index contributed by atoms with van der Waals surface area (Å²) in [4.78, 5) is 4.26. The number of aromatic hydroxyl groups is 1. The summed E-state index contributed by atoms with van der Waals surface area (Å²) in [6, 6.07) is 9.75. The van der Waals surface area contributed by atoms with Gasteiger partial charge in [0.1, 0.15) is 5.75 Å². The third kappa shape index (κ3) is 2.66. The van der Waals surface area contributed by atoms with Gasteiger partial charge in [-0.15, -0.1) is 0 Å². The van der Waals surface area contributed by atoms with Crippen LogP contribution in [0.1, 0.15) is 0 Å². The standard InChI is InChI=1S/C14H9Cl2N3O2/c15-10-5-8(6-11(16)12(10)17)14-18-13(19-21-14)7-2-1-3-9(20)4-7/h1-6,20H,17H2. The zero-order valence-electron chi connectivity index (χ0n) is 10.5. The predicted octanol–water partition coefficient (Wildman–Crippen LogP) is 4.00. The predicted molar refractivity (Wildman–Crippen MR) is 81.3 cm³/mol. The molecule has 0 aliphatic rings. The Balaban J connectivity index is 2.02. The first kappa shape index (κ1) is 13.7. The summed E-state index contributed by atoms with van der Waals surface area (Å²) in [6.07, 6.45) is 0. The second-order valence-corrected chi connectivity index (χ2v) is 5.14. The summed E-state index contributed by atoms with van der Waals surface area (Å²) in [7, 11) is 0. The van der Waals surface area contributed by atoms with Crippen LogP contribution >= 0.6 is 23.2 Å². The van der Waals surface area contributed by atoms with Crippen molar-refractivity contribution >= 4 is 28.9 Å². The average molecular weight is 322 g/mol. The van der Waals surface area contributed by atoms with Crippen molar-refractivity contribution in [1.82, 2.24) is 10.1 Å². The molecular formula is C14H9Cl2N3O2. The van der Waals surface area contributed by atoms with Crippen LogP contribution in [0, 0.1) is 0 Å². The molecule has 5 nitrogen and oxygen atoms in total. The fourth-order valence-electron chi connectivity index (χ4n) is 1.81. The van der Waals surface area contributed by atoms with Gasteiger partial charge >= 0.3 is 0 Å². The first-order valence-corrected chi connectivity index (χ1v) is 6.68. The van der Waals surface area contributed by atoms with Gasteiger partial charge in [0.25, 0.3) is 5.89 Å². The minimum absolute atomic E-state index is 0.123. The van der Waals surface area contributed by atoms with Crippen molar-refractivity contribution in [2.24, 2.45) is 0 Å². The van der Waals surface area contributed by atoms with Gasteiger partial charge in [0.2, 0.25) is 5.82 Å². The highest BCUT2D eigenvalue weighted by Gasteiger charge is 2.14. The molecule has 106 valence electrons. The summed E-state index contributed by atoms with van der Waals surface area (Å²) in [5.41, 5.74) is 7.19. The van der Waals surface area contributed by atoms with E-state index in [0.29, 0.717) is 32.7 Å². The lowest BCUT2D eigenvalue weighted by Gasteiger charge is -2.02. The summed E-state index contributed by atoms with van der Waals surface area (Å²) >= 11 is 12.0. The van der Waals surface area contributed by atoms with Gasteiger partial charge in [-0.05, 0) is 24.3 Å². The quantitative estimate of drug-likeness (QED) is 0.697. The Hall–Kier alpha value is -2.24. The van der Waals surface area contributed by atoms with Crippen molar-refractivity contribution in [3.63, 3.8) is 0 Å². The van der Waals surface area contributed by atoms with Gasteiger partial charge in [-0.25, -0.2) is 0 Å². The van der Waals surface area contributed by atoms with Crippen molar-refractivity contribution in [1.29, 1.82) is 0 Å². The number of phenolic OH excluding ortho intramolecular Hbond substituents is 1. The summed E-state index contributed by atoms with van der Waals surface area (Å²) in [5.74, 6) is 0.736. The zero-order chi connectivity index (χ0) is 15.0. The first-order valence-electron chi connectivity index (χ1n) is 5.92. The van der Waals surface area contributed by atoms with Gasteiger partial charge in [0.05, 0.1) is 15.7 Å². The Morgan fingerprint density at radius 1 is 1.05 bits per heavy atom. The number of rotatable bonds is 2. The SMILES string of the molecule is Nc1c(Cl)cc(-c2nc(-c3cccc(O)c3)no2)cc1Cl. The van der Waals surface area contributed by atoms with E-state index in [1.165, 1.54) is 6.07 Å². The van der Waals surface area contributed by atoms with E-state index in [1.54, 1.807) is 30.3 Å². The molecule has 0 aliphatic heterocycles. The summed E-state index contributed by atoms with van der Waals surface area (Å²) in [6.45, 7) is 0. The fourth-order valence-corrected chi connectivity index (χ4v) is 2.30. The number of phenols is 1. The molecule has 1 heterocycles. The van der Waals surface area contributed by atoms with E-state index in [1.807, 2.05) is 0 Å². The third-order valence-corrected chi connectivity index (χ3v) is 3.48. The molecule has 2 aromatic carbocycles. The van der Waals surface area contributed by atoms with Gasteiger partial charge in [-0.1, -0.05) is 40.5 Å². The molecule has 0 saturated carbocycles. The highest BCUT2D eigenvalue weighted by Crippen LogP contribution is 2.33. The van der Waals surface area contributed by atoms with Crippen LogP contribution < -0.4 is 5.73 Å². The number of hydrogen-bond acceptors (Lipinski definition) is 5. The lowest BCUT2D eigenvalue weighted by atomic mass is 10.2. The Bertz CT molecular complexity index is 794. The monoisotopic (exact) mass is 321 g/mol. The Labute approximate surface area is 129 Å². The maximum atomic E-state index is 9.47. The fraction of sp³-hybridized carbons (Fsp3) is 0. The van der Waals surface area contributed by atoms with Crippen LogP contribution in [0.5, 0.6) is 5.75 Å². The molecule has 3 rings (SSSR count). The van der Waals surface area contributed by atoms with Crippen molar-refractivity contribution < 1.29 is 9.63 Å². The number of nitrogens with two attached hydrogens (primary N) is 1. The zero-order valence-corrected chi connectivity index (χ0v) is 12.1. The van der Waals surface area contributed by atoms with E-state index in [-0.39, 0.29) is 11.6 Å². The van der Waals surface area contributed by atoms with Crippen LogP contribution in [0.3, 0.4) is 0 Å². The van der Waals surface area contributed by atoms with Gasteiger partial charge in [0, 0.05) is 11.1 Å². The molecule has 0 unspecified atom stereocenters. The van der Waals surface area contributed by atoms with E-state index in [4.69, 9.17) is 33.5 Å². The summed E-state index contributed by atoms with van der Waals surface area (Å²) in [5, 5.41) is 14.0. The lowest BCUT2D eigenvalue weighted by molar-refractivity contribution is 0.432. The number of hydrogen-bond donors (Lipinski definition) is 2. The minimum atomic E-state index is 0.123. The van der Waals surface area contributed by atoms with Crippen LogP contribution in [-0.4, -0.2) is 15.2 Å². The molecule has 0 aliphatic carbocycles. The van der Waals surface area contributed by atoms with E-state index in [2.05, 4.69) is 10.1 Å². The Morgan fingerprint density at radius 2 is 1.76 bits per heavy atom. The topological polar surface area (TPSA) is 85.2 Å². The summed E-state index contributed by atoms with van der Waals surface area (Å²) < 4.78 is 5.19. The molecule has 0 amide bonds. The lowest BCUT2D eigenvalue weighted by Crippen LogP contribution is -1.89. The molecule has 21 heavy (non-hydrogen) atoms. The van der Waals surface area contributed by atoms with Crippen LogP contribution in [0.25, 0.3) is 22.8 Å². The molecule has 0 radical (unpaired) electrons. The molecule has 3 N–H and O–H groups in total. The van der Waals surface area contributed by atoms with Gasteiger partial charge in [-0.3, -0.25) is 0 Å². The van der Waals surface area contributed by atoms with Gasteiger partial charge in [0.15, 0.2) is 0 Å². The van der Waals surface area contributed by atoms with E-state index >= 15 is 0 Å². The molecular weight excluding hydrogens is 313 g/mol. The third-order valence-electron chi connectivity index (χ3n) is 2.86. The van der Waals surface area contributed by atoms with E-state index in [9.17, 15) is 5.11 Å². The molecule has 7 heteroatoms. The normalized spacial score (nSPS) is 10.8. The van der Waals surface area contributed by atoms with Crippen molar-refractivity contribution in [3.8, 4) is 28.6 Å². The van der Waals surface area contributed by atoms with Crippen molar-refractivity contribution in [3.05, 3.63) is 46.4 Å². The van der Waals surface area contributed by atoms with Gasteiger partial charge < -0.3 is 15.4 Å². The Kier molecular flexibility index (Phi) is 3.45. The highest BCUT2D eigenvalue weighted by molar-refractivity contribution is 6.39. The minimum Gasteiger partial charge on any atom is -0.508 e. The average Bonchev–Trinajstić information content (AvgIpc) is 2.94. The van der Waals surface area contributed by atoms with Crippen LogP contribution in [0.2, 0.25) is 10.0 Å². The molecule has 0 saturated heterocycles. The molecule has 0 spiro atoms. The number of nitrogen functional groups attached to an aromatic ring is 1. The molecule has 0 atom stereocenters. The number of nitrogens with zero attached hydrogens (tertiary/aromatic N) is 2. The van der Waals surface area contributed by atoms with Crippen molar-refractivity contribution in [2.75, 3.05) is 5.73 Å². The van der Waals surface area contributed by atoms with E-state index in [0.717, 1.165) is 0 Å². The van der Waals surface area contributed by atoms with Crippen LogP contribution in [-0.2, 0) is 0 Å². The molecule has 0 fully saturated rings. The van der Waals surface area contributed by atoms with E-state index < -0.39 is 0 Å². The number of halogens is 2. The number of benzene rings is 2. The molecule has 1 aromatic heterocycles. The first-order chi connectivity index (χ1) is 10.0. The second-order valence-electron chi connectivity index (χ2n) is 4.33. The highest BCUT2D eigenvalue weighted by atomic mass is 35.5. The Morgan fingerprint density at radius 3 is 2.43 bits per heavy atom. The number of anilines is 1.